The van der Waals surface area contributed by atoms with Gasteiger partial charge in [-0.1, -0.05) is 38.1 Å². The molecule has 1 unspecified atom stereocenters. The number of aromatic nitrogens is 1. The monoisotopic (exact) mass is 269 g/mol. The Morgan fingerprint density at radius 2 is 1.50 bits per heavy atom. The third-order valence-electron chi connectivity index (χ3n) is 3.56. The number of pyridine rings is 1. The minimum Gasteiger partial charge on any atom is -0.388 e. The Balaban J connectivity index is 2.12. The van der Waals surface area contributed by atoms with Crippen LogP contribution in [0.3, 0.4) is 0 Å². The van der Waals surface area contributed by atoms with Gasteiger partial charge in [-0.2, -0.15) is 0 Å². The first-order chi connectivity index (χ1) is 9.45. The summed E-state index contributed by atoms with van der Waals surface area (Å²) in [7, 11) is 0. The molecule has 20 heavy (non-hydrogen) atoms. The van der Waals surface area contributed by atoms with E-state index in [0.29, 0.717) is 12.3 Å². The molecular formula is C18H23NO. The van der Waals surface area contributed by atoms with Crippen LogP contribution in [0.15, 0.2) is 36.4 Å². The summed E-state index contributed by atoms with van der Waals surface area (Å²) in [6.07, 6.45) is 0.168. The molecule has 2 rings (SSSR count). The Bertz CT molecular complexity index is 552. The van der Waals surface area contributed by atoms with E-state index >= 15 is 0 Å². The summed E-state index contributed by atoms with van der Waals surface area (Å²) in [6.45, 7) is 8.29. The van der Waals surface area contributed by atoms with E-state index in [9.17, 15) is 5.11 Å². The van der Waals surface area contributed by atoms with Crippen LogP contribution >= 0.6 is 0 Å². The molecule has 2 heteroatoms. The van der Waals surface area contributed by atoms with E-state index in [1.54, 1.807) is 0 Å². The first-order valence-corrected chi connectivity index (χ1v) is 7.18. The molecule has 0 spiro atoms. The van der Waals surface area contributed by atoms with Crippen molar-refractivity contribution in [2.24, 2.45) is 0 Å². The number of nitrogens with zero attached hydrogens (tertiary/aromatic N) is 1. The van der Waals surface area contributed by atoms with E-state index in [4.69, 9.17) is 0 Å². The van der Waals surface area contributed by atoms with Crippen molar-refractivity contribution in [2.45, 2.75) is 46.1 Å². The largest absolute Gasteiger partial charge is 0.388 e. The lowest BCUT2D eigenvalue weighted by Gasteiger charge is -2.13. The molecule has 0 fully saturated rings. The lowest BCUT2D eigenvalue weighted by molar-refractivity contribution is 0.178. The summed E-state index contributed by atoms with van der Waals surface area (Å²) in [5.41, 5.74) is 5.35. The quantitative estimate of drug-likeness (QED) is 0.906. The highest BCUT2D eigenvalue weighted by Gasteiger charge is 2.10. The van der Waals surface area contributed by atoms with Crippen molar-refractivity contribution in [3.63, 3.8) is 0 Å². The normalized spacial score (nSPS) is 12.7. The molecule has 2 aromatic rings. The Hall–Kier alpha value is -1.67. The van der Waals surface area contributed by atoms with Crippen molar-refractivity contribution in [3.8, 4) is 0 Å². The van der Waals surface area contributed by atoms with Gasteiger partial charge in [-0.3, -0.25) is 4.98 Å². The zero-order valence-corrected chi connectivity index (χ0v) is 12.7. The van der Waals surface area contributed by atoms with Crippen molar-refractivity contribution in [3.05, 3.63) is 64.5 Å². The molecule has 106 valence electrons. The van der Waals surface area contributed by atoms with Crippen LogP contribution < -0.4 is 0 Å². The molecule has 1 aromatic heterocycles. The van der Waals surface area contributed by atoms with Crippen LogP contribution in [0.2, 0.25) is 0 Å². The number of benzene rings is 1. The van der Waals surface area contributed by atoms with Crippen LogP contribution in [0.25, 0.3) is 0 Å². The number of hydrogen-bond donors (Lipinski definition) is 1. The Kier molecular flexibility index (Phi) is 4.56. The van der Waals surface area contributed by atoms with Gasteiger partial charge in [-0.25, -0.2) is 0 Å². The molecule has 0 amide bonds. The second kappa shape index (κ2) is 6.19. The highest BCUT2D eigenvalue weighted by Crippen LogP contribution is 2.21. The van der Waals surface area contributed by atoms with Crippen LogP contribution in [0.4, 0.5) is 0 Å². The van der Waals surface area contributed by atoms with Gasteiger partial charge in [0.15, 0.2) is 0 Å². The van der Waals surface area contributed by atoms with Gasteiger partial charge >= 0.3 is 0 Å². The minimum atomic E-state index is -0.472. The molecule has 1 atom stereocenters. The molecule has 0 aliphatic heterocycles. The molecule has 1 aromatic carbocycles. The molecule has 2 nitrogen and oxygen atoms in total. The lowest BCUT2D eigenvalue weighted by Crippen LogP contribution is -2.04. The summed E-state index contributed by atoms with van der Waals surface area (Å²) in [5, 5.41) is 10.4. The highest BCUT2D eigenvalue weighted by atomic mass is 16.3. The summed E-state index contributed by atoms with van der Waals surface area (Å²) in [5.74, 6) is 0.541. The third kappa shape index (κ3) is 3.67. The SMILES string of the molecule is Cc1cc(C(O)Cc2ccc(C(C)C)cc2)cc(C)n1. The highest BCUT2D eigenvalue weighted by molar-refractivity contribution is 5.28. The zero-order valence-electron chi connectivity index (χ0n) is 12.7. The maximum absolute atomic E-state index is 10.4. The number of aryl methyl sites for hydroxylation is 2. The maximum Gasteiger partial charge on any atom is 0.0831 e. The average Bonchev–Trinajstić information content (AvgIpc) is 2.38. The number of rotatable bonds is 4. The molecule has 1 N–H and O–H groups in total. The topological polar surface area (TPSA) is 33.1 Å². The second-order valence-electron chi connectivity index (χ2n) is 5.80. The fraction of sp³-hybridized carbons (Fsp3) is 0.389. The molecule has 0 aliphatic carbocycles. The van der Waals surface area contributed by atoms with Crippen LogP contribution in [0, 0.1) is 13.8 Å². The number of hydrogen-bond acceptors (Lipinski definition) is 2. The molecule has 0 radical (unpaired) electrons. The summed E-state index contributed by atoms with van der Waals surface area (Å²) >= 11 is 0. The van der Waals surface area contributed by atoms with Crippen LogP contribution in [0.1, 0.15) is 53.9 Å². The van der Waals surface area contributed by atoms with Gasteiger partial charge in [-0.15, -0.1) is 0 Å². The summed E-state index contributed by atoms with van der Waals surface area (Å²) in [6, 6.07) is 12.4. The van der Waals surface area contributed by atoms with Gasteiger partial charge in [0.05, 0.1) is 6.10 Å². The van der Waals surface area contributed by atoms with E-state index in [1.165, 1.54) is 5.56 Å². The van der Waals surface area contributed by atoms with Gasteiger partial charge in [0.1, 0.15) is 0 Å². The fourth-order valence-electron chi connectivity index (χ4n) is 2.44. The van der Waals surface area contributed by atoms with Crippen LogP contribution in [0.5, 0.6) is 0 Å². The van der Waals surface area contributed by atoms with E-state index in [-0.39, 0.29) is 0 Å². The minimum absolute atomic E-state index is 0.472. The smallest absolute Gasteiger partial charge is 0.0831 e. The first kappa shape index (κ1) is 14.7. The van der Waals surface area contributed by atoms with Crippen molar-refractivity contribution < 1.29 is 5.11 Å². The Labute approximate surface area is 121 Å². The maximum atomic E-state index is 10.4. The molecule has 1 heterocycles. The molecule has 0 bridgehead atoms. The number of aliphatic hydroxyl groups excluding tert-OH is 1. The fourth-order valence-corrected chi connectivity index (χ4v) is 2.44. The second-order valence-corrected chi connectivity index (χ2v) is 5.80. The predicted octanol–water partition coefficient (Wildman–Crippen LogP) is 4.10. The van der Waals surface area contributed by atoms with Crippen molar-refractivity contribution >= 4 is 0 Å². The van der Waals surface area contributed by atoms with Gasteiger partial charge in [-0.05, 0) is 48.6 Å². The zero-order chi connectivity index (χ0) is 14.7. The van der Waals surface area contributed by atoms with Crippen molar-refractivity contribution in [1.29, 1.82) is 0 Å². The Morgan fingerprint density at radius 1 is 0.950 bits per heavy atom. The van der Waals surface area contributed by atoms with Gasteiger partial charge in [0, 0.05) is 17.8 Å². The number of aliphatic hydroxyl groups is 1. The van der Waals surface area contributed by atoms with Crippen molar-refractivity contribution in [1.82, 2.24) is 4.98 Å². The van der Waals surface area contributed by atoms with Crippen LogP contribution in [-0.4, -0.2) is 10.1 Å². The van der Waals surface area contributed by atoms with E-state index < -0.39 is 6.10 Å². The van der Waals surface area contributed by atoms with Crippen LogP contribution in [-0.2, 0) is 6.42 Å². The predicted molar refractivity (Wildman–Crippen MR) is 82.9 cm³/mol. The summed E-state index contributed by atoms with van der Waals surface area (Å²) < 4.78 is 0. The Morgan fingerprint density at radius 3 is 2.00 bits per heavy atom. The van der Waals surface area contributed by atoms with E-state index in [0.717, 1.165) is 22.5 Å². The van der Waals surface area contributed by atoms with Gasteiger partial charge < -0.3 is 5.11 Å². The average molecular weight is 269 g/mol. The van der Waals surface area contributed by atoms with Gasteiger partial charge in [0.25, 0.3) is 0 Å². The first-order valence-electron chi connectivity index (χ1n) is 7.18. The van der Waals surface area contributed by atoms with Gasteiger partial charge in [0.2, 0.25) is 0 Å². The standard InChI is InChI=1S/C18H23NO/c1-12(2)16-7-5-15(6-8-16)11-18(20)17-9-13(3)19-14(4)10-17/h5-10,12,18,20H,11H2,1-4H3. The molecule has 0 saturated carbocycles. The molecule has 0 saturated heterocycles. The summed E-state index contributed by atoms with van der Waals surface area (Å²) in [4.78, 5) is 4.34. The molecule has 0 aliphatic rings. The third-order valence-corrected chi connectivity index (χ3v) is 3.56. The van der Waals surface area contributed by atoms with E-state index in [1.807, 2.05) is 26.0 Å². The lowest BCUT2D eigenvalue weighted by atomic mass is 9.97. The molecular weight excluding hydrogens is 246 g/mol. The van der Waals surface area contributed by atoms with E-state index in [2.05, 4.69) is 43.1 Å². The van der Waals surface area contributed by atoms with Crippen molar-refractivity contribution in [2.75, 3.05) is 0 Å².